The zero-order chi connectivity index (χ0) is 26.4. The molecule has 0 radical (unpaired) electrons. The lowest BCUT2D eigenvalue weighted by molar-refractivity contribution is -0.310. The molecule has 3 fully saturated rings. The summed E-state index contributed by atoms with van der Waals surface area (Å²) in [6.07, 6.45) is -3.49. The van der Waals surface area contributed by atoms with E-state index in [2.05, 4.69) is 15.2 Å². The van der Waals surface area contributed by atoms with Gasteiger partial charge in [0.25, 0.3) is 0 Å². The number of halogens is 6. The predicted molar refractivity (Wildman–Crippen MR) is 126 cm³/mol. The van der Waals surface area contributed by atoms with Crippen LogP contribution in [-0.2, 0) is 17.8 Å². The predicted octanol–water partition coefficient (Wildman–Crippen LogP) is 3.57. The second-order valence-corrected chi connectivity index (χ2v) is 11.0. The Hall–Kier alpha value is -3.03. The minimum Gasteiger partial charge on any atom is -0.377 e. The van der Waals surface area contributed by atoms with Gasteiger partial charge in [-0.05, 0) is 23.8 Å². The van der Waals surface area contributed by atoms with Gasteiger partial charge in [-0.2, -0.15) is 13.2 Å². The van der Waals surface area contributed by atoms with E-state index in [0.717, 1.165) is 12.3 Å². The SMILES string of the molecule is Fc1cnc(N2CC3(C2)CN(c2nnc4n2-c2ccc(Cl)cc2CN(C2(C(F)(F)F)COC2)C4)C3)c(F)c1. The third-order valence-corrected chi connectivity index (χ3v) is 8.21. The minimum absolute atomic E-state index is 0.0245. The molecule has 14 heteroatoms. The number of aromatic nitrogens is 4. The molecule has 8 nitrogen and oxygen atoms in total. The van der Waals surface area contributed by atoms with Gasteiger partial charge < -0.3 is 14.5 Å². The Labute approximate surface area is 218 Å². The molecule has 0 saturated carbocycles. The summed E-state index contributed by atoms with van der Waals surface area (Å²) in [4.78, 5) is 9.02. The Morgan fingerprint density at radius 1 is 0.947 bits per heavy atom. The first-order chi connectivity index (χ1) is 18.1. The van der Waals surface area contributed by atoms with Crippen molar-refractivity contribution in [2.24, 2.45) is 5.41 Å². The Balaban J connectivity index is 1.16. The summed E-state index contributed by atoms with van der Waals surface area (Å²) in [6, 6.07) is 5.97. The van der Waals surface area contributed by atoms with Gasteiger partial charge in [0.15, 0.2) is 23.0 Å². The normalized spacial score (nSPS) is 21.7. The van der Waals surface area contributed by atoms with Crippen molar-refractivity contribution in [2.75, 3.05) is 49.2 Å². The summed E-state index contributed by atoms with van der Waals surface area (Å²) in [7, 11) is 0. The van der Waals surface area contributed by atoms with Crippen LogP contribution in [-0.4, -0.2) is 75.8 Å². The van der Waals surface area contributed by atoms with E-state index >= 15 is 0 Å². The third-order valence-electron chi connectivity index (χ3n) is 7.98. The van der Waals surface area contributed by atoms with Crippen LogP contribution in [0.5, 0.6) is 0 Å². The van der Waals surface area contributed by atoms with Crippen molar-refractivity contribution in [3.05, 3.63) is 58.5 Å². The lowest BCUT2D eigenvalue weighted by Crippen LogP contribution is -2.73. The van der Waals surface area contributed by atoms with Crippen LogP contribution >= 0.6 is 11.6 Å². The van der Waals surface area contributed by atoms with E-state index in [4.69, 9.17) is 16.3 Å². The first-order valence-electron chi connectivity index (χ1n) is 12.0. The zero-order valence-corrected chi connectivity index (χ0v) is 20.6. The van der Waals surface area contributed by atoms with E-state index in [1.54, 1.807) is 27.7 Å². The quantitative estimate of drug-likeness (QED) is 0.460. The van der Waals surface area contributed by atoms with Gasteiger partial charge in [0, 0.05) is 49.2 Å². The second-order valence-electron chi connectivity index (χ2n) is 10.6. The molecule has 0 bridgehead atoms. The first kappa shape index (κ1) is 24.0. The molecule has 3 aromatic rings. The van der Waals surface area contributed by atoms with Crippen molar-refractivity contribution in [1.29, 1.82) is 0 Å². The maximum absolute atomic E-state index is 14.2. The molecule has 0 aliphatic carbocycles. The average Bonchev–Trinajstić information content (AvgIpc) is 3.07. The Morgan fingerprint density at radius 3 is 2.34 bits per heavy atom. The molecule has 38 heavy (non-hydrogen) atoms. The van der Waals surface area contributed by atoms with Crippen molar-refractivity contribution in [1.82, 2.24) is 24.6 Å². The van der Waals surface area contributed by atoms with Gasteiger partial charge in [-0.15, -0.1) is 10.2 Å². The van der Waals surface area contributed by atoms with E-state index in [9.17, 15) is 22.0 Å². The number of hydrogen-bond donors (Lipinski definition) is 0. The lowest BCUT2D eigenvalue weighted by atomic mass is 9.73. The highest BCUT2D eigenvalue weighted by molar-refractivity contribution is 6.30. The van der Waals surface area contributed by atoms with Gasteiger partial charge in [0.05, 0.1) is 31.6 Å². The van der Waals surface area contributed by atoms with Crippen LogP contribution in [0.3, 0.4) is 0 Å². The summed E-state index contributed by atoms with van der Waals surface area (Å²) in [5.74, 6) is -0.379. The number of fused-ring (bicyclic) bond motifs is 3. The van der Waals surface area contributed by atoms with E-state index in [1.165, 1.54) is 4.90 Å². The van der Waals surface area contributed by atoms with Gasteiger partial charge in [-0.3, -0.25) is 9.47 Å². The van der Waals surface area contributed by atoms with Crippen molar-refractivity contribution in [3.63, 3.8) is 0 Å². The maximum Gasteiger partial charge on any atom is 0.411 e. The highest BCUT2D eigenvalue weighted by atomic mass is 35.5. The molecule has 4 aliphatic rings. The molecular formula is C24H21ClF5N7O. The monoisotopic (exact) mass is 553 g/mol. The molecule has 1 aromatic carbocycles. The Bertz CT molecular complexity index is 1430. The third kappa shape index (κ3) is 3.44. The van der Waals surface area contributed by atoms with Crippen molar-refractivity contribution in [3.8, 4) is 5.69 Å². The summed E-state index contributed by atoms with van der Waals surface area (Å²) < 4.78 is 76.8. The Morgan fingerprint density at radius 2 is 1.68 bits per heavy atom. The molecule has 7 rings (SSSR count). The molecule has 2 aromatic heterocycles. The van der Waals surface area contributed by atoms with Crippen molar-refractivity contribution < 1.29 is 26.7 Å². The molecule has 1 spiro atoms. The molecular weight excluding hydrogens is 533 g/mol. The highest BCUT2D eigenvalue weighted by Gasteiger charge is 2.64. The van der Waals surface area contributed by atoms with Gasteiger partial charge in [0.1, 0.15) is 5.82 Å². The largest absolute Gasteiger partial charge is 0.411 e. The van der Waals surface area contributed by atoms with E-state index in [-0.39, 0.29) is 24.3 Å². The van der Waals surface area contributed by atoms with Crippen LogP contribution in [0.1, 0.15) is 11.4 Å². The van der Waals surface area contributed by atoms with Crippen LogP contribution in [0.15, 0.2) is 30.5 Å². The lowest BCUT2D eigenvalue weighted by Gasteiger charge is -2.60. The second kappa shape index (κ2) is 7.99. The summed E-state index contributed by atoms with van der Waals surface area (Å²) in [5.41, 5.74) is -0.903. The molecule has 200 valence electrons. The fourth-order valence-electron chi connectivity index (χ4n) is 5.97. The maximum atomic E-state index is 14.2. The standard InChI is InChI=1S/C24H21ClF5N7O/c25-15-1-2-18-14(3-15)6-36(23(12-38-13-23)24(28,29)30)7-19-32-33-21(37(18)19)35-10-22(11-35)8-34(9-22)20-17(27)4-16(26)5-31-20/h1-5H,6-13H2. The number of nitrogens with zero attached hydrogens (tertiary/aromatic N) is 7. The summed E-state index contributed by atoms with van der Waals surface area (Å²) in [6.45, 7) is 1.39. The highest BCUT2D eigenvalue weighted by Crippen LogP contribution is 2.46. The number of benzene rings is 1. The zero-order valence-electron chi connectivity index (χ0n) is 19.9. The fraction of sp³-hybridized carbons (Fsp3) is 0.458. The number of rotatable bonds is 3. The fourth-order valence-corrected chi connectivity index (χ4v) is 6.17. The van der Waals surface area contributed by atoms with Crippen LogP contribution in [0.4, 0.5) is 33.7 Å². The van der Waals surface area contributed by atoms with E-state index in [1.807, 2.05) is 4.90 Å². The molecule has 0 unspecified atom stereocenters. The Kier molecular flexibility index (Phi) is 5.06. The van der Waals surface area contributed by atoms with Gasteiger partial charge in [0.2, 0.25) is 5.95 Å². The van der Waals surface area contributed by atoms with Crippen LogP contribution < -0.4 is 9.80 Å². The number of pyridine rings is 1. The minimum atomic E-state index is -4.49. The number of ether oxygens (including phenoxy) is 1. The molecule has 0 amide bonds. The molecule has 3 saturated heterocycles. The molecule has 0 atom stereocenters. The number of anilines is 2. The van der Waals surface area contributed by atoms with Gasteiger partial charge in [-0.1, -0.05) is 11.6 Å². The average molecular weight is 554 g/mol. The van der Waals surface area contributed by atoms with Crippen LogP contribution in [0.25, 0.3) is 5.69 Å². The molecule has 0 N–H and O–H groups in total. The van der Waals surface area contributed by atoms with Crippen LogP contribution in [0, 0.1) is 17.0 Å². The van der Waals surface area contributed by atoms with Gasteiger partial charge >= 0.3 is 6.18 Å². The summed E-state index contributed by atoms with van der Waals surface area (Å²) >= 11 is 6.25. The van der Waals surface area contributed by atoms with Crippen LogP contribution in [0.2, 0.25) is 5.02 Å². The topological polar surface area (TPSA) is 62.6 Å². The van der Waals surface area contributed by atoms with Crippen molar-refractivity contribution in [2.45, 2.75) is 24.8 Å². The summed E-state index contributed by atoms with van der Waals surface area (Å²) in [5, 5.41) is 9.09. The molecule has 4 aliphatic heterocycles. The number of alkyl halides is 3. The van der Waals surface area contributed by atoms with Gasteiger partial charge in [-0.25, -0.2) is 13.8 Å². The number of hydrogen-bond acceptors (Lipinski definition) is 7. The van der Waals surface area contributed by atoms with E-state index < -0.39 is 36.6 Å². The van der Waals surface area contributed by atoms with E-state index in [0.29, 0.717) is 54.2 Å². The molecule has 6 heterocycles. The smallest absolute Gasteiger partial charge is 0.377 e. The van der Waals surface area contributed by atoms with Crippen molar-refractivity contribution >= 4 is 23.4 Å². The first-order valence-corrected chi connectivity index (χ1v) is 12.4.